The van der Waals surface area contributed by atoms with Crippen LogP contribution in [0.15, 0.2) is 23.3 Å². The quantitative estimate of drug-likeness (QED) is 0.509. The second-order valence-electron chi connectivity index (χ2n) is 12.4. The van der Waals surface area contributed by atoms with Gasteiger partial charge < -0.3 is 10.2 Å². The summed E-state index contributed by atoms with van der Waals surface area (Å²) >= 11 is 0. The van der Waals surface area contributed by atoms with Crippen LogP contribution < -0.4 is 0 Å². The van der Waals surface area contributed by atoms with Gasteiger partial charge in [-0.15, -0.1) is 0 Å². The van der Waals surface area contributed by atoms with Crippen molar-refractivity contribution in [3.8, 4) is 0 Å². The van der Waals surface area contributed by atoms with Gasteiger partial charge in [0.15, 0.2) is 5.78 Å². The molecule has 0 amide bonds. The van der Waals surface area contributed by atoms with Gasteiger partial charge in [-0.1, -0.05) is 39.8 Å². The van der Waals surface area contributed by atoms with Gasteiger partial charge in [0.2, 0.25) is 0 Å². The number of carbonyl (C=O) groups excluding carboxylic acids is 2. The lowest BCUT2D eigenvalue weighted by atomic mass is 9.48. The standard InChI is InChI=1S/C29H42O5/c1-15(17(3)27(33)34)7-8-16(2)19-9-10-20-25-23(31)13-21-18(4)22(30)11-12-28(21,5)26(25)24(32)14-29(19,20)6/h16-21,23,31H,1,7-14H2,2-6H3,(H,33,34). The fourth-order valence-electron chi connectivity index (χ4n) is 8.50. The lowest BCUT2D eigenvalue weighted by Gasteiger charge is -2.55. The Bertz CT molecular complexity index is 946. The Labute approximate surface area is 204 Å². The van der Waals surface area contributed by atoms with Crippen molar-refractivity contribution in [1.29, 1.82) is 0 Å². The molecule has 34 heavy (non-hydrogen) atoms. The second kappa shape index (κ2) is 8.72. The van der Waals surface area contributed by atoms with E-state index >= 15 is 0 Å². The first-order valence-corrected chi connectivity index (χ1v) is 13.2. The largest absolute Gasteiger partial charge is 0.481 e. The Balaban J connectivity index is 1.61. The maximum absolute atomic E-state index is 13.8. The zero-order valence-corrected chi connectivity index (χ0v) is 21.5. The Morgan fingerprint density at radius 2 is 1.88 bits per heavy atom. The lowest BCUT2D eigenvalue weighted by molar-refractivity contribution is -0.140. The van der Waals surface area contributed by atoms with Crippen molar-refractivity contribution in [1.82, 2.24) is 0 Å². The number of hydrogen-bond acceptors (Lipinski definition) is 4. The number of allylic oxidation sites excluding steroid dienone is 1. The molecule has 0 bridgehead atoms. The van der Waals surface area contributed by atoms with E-state index in [1.165, 1.54) is 0 Å². The minimum atomic E-state index is -0.834. The van der Waals surface area contributed by atoms with E-state index in [9.17, 15) is 24.6 Å². The van der Waals surface area contributed by atoms with Crippen molar-refractivity contribution >= 4 is 17.5 Å². The third kappa shape index (κ3) is 3.73. The number of carboxylic acid groups (broad SMARTS) is 1. The average molecular weight is 471 g/mol. The van der Waals surface area contributed by atoms with Gasteiger partial charge in [-0.05, 0) is 80.1 Å². The Morgan fingerprint density at radius 1 is 1.21 bits per heavy atom. The molecule has 4 aliphatic rings. The van der Waals surface area contributed by atoms with Crippen LogP contribution in [0.3, 0.4) is 0 Å². The van der Waals surface area contributed by atoms with Gasteiger partial charge in [-0.2, -0.15) is 0 Å². The highest BCUT2D eigenvalue weighted by Crippen LogP contribution is 2.65. The first-order chi connectivity index (χ1) is 15.8. The van der Waals surface area contributed by atoms with Crippen molar-refractivity contribution in [2.45, 2.75) is 92.1 Å². The highest BCUT2D eigenvalue weighted by Gasteiger charge is 2.61. The van der Waals surface area contributed by atoms with Crippen LogP contribution in [0.4, 0.5) is 0 Å². The molecule has 0 aromatic carbocycles. The number of aliphatic carboxylic acids is 1. The summed E-state index contributed by atoms with van der Waals surface area (Å²) in [6.07, 6.45) is 5.24. The van der Waals surface area contributed by atoms with Crippen molar-refractivity contribution in [3.63, 3.8) is 0 Å². The molecule has 188 valence electrons. The third-order valence-corrected chi connectivity index (χ3v) is 10.7. The minimum Gasteiger partial charge on any atom is -0.481 e. The third-order valence-electron chi connectivity index (χ3n) is 10.7. The highest BCUT2D eigenvalue weighted by atomic mass is 16.4. The number of aliphatic hydroxyl groups is 1. The fraction of sp³-hybridized carbons (Fsp3) is 0.759. The van der Waals surface area contributed by atoms with Crippen molar-refractivity contribution in [2.75, 3.05) is 0 Å². The van der Waals surface area contributed by atoms with Crippen LogP contribution in [-0.4, -0.2) is 33.9 Å². The van der Waals surface area contributed by atoms with Gasteiger partial charge in [-0.25, -0.2) is 0 Å². The molecule has 0 aromatic rings. The number of hydrogen-bond donors (Lipinski definition) is 2. The average Bonchev–Trinajstić information content (AvgIpc) is 3.11. The van der Waals surface area contributed by atoms with E-state index in [4.69, 9.17) is 0 Å². The molecular weight excluding hydrogens is 428 g/mol. The number of rotatable bonds is 6. The molecule has 2 N–H and O–H groups in total. The summed E-state index contributed by atoms with van der Waals surface area (Å²) in [6.45, 7) is 14.3. The number of Topliss-reactive ketones (excluding diaryl/α,β-unsaturated/α-hetero) is 2. The summed E-state index contributed by atoms with van der Waals surface area (Å²) in [7, 11) is 0. The molecule has 9 unspecified atom stereocenters. The Hall–Kier alpha value is -1.75. The zero-order valence-electron chi connectivity index (χ0n) is 21.5. The van der Waals surface area contributed by atoms with Crippen molar-refractivity contribution in [3.05, 3.63) is 23.3 Å². The first kappa shape index (κ1) is 25.3. The van der Waals surface area contributed by atoms with Gasteiger partial charge in [0.25, 0.3) is 0 Å². The van der Waals surface area contributed by atoms with Crippen LogP contribution in [0.25, 0.3) is 0 Å². The molecule has 5 nitrogen and oxygen atoms in total. The first-order valence-electron chi connectivity index (χ1n) is 13.2. The maximum Gasteiger partial charge on any atom is 0.310 e. The smallest absolute Gasteiger partial charge is 0.310 e. The van der Waals surface area contributed by atoms with Crippen LogP contribution in [0.2, 0.25) is 0 Å². The van der Waals surface area contributed by atoms with Crippen LogP contribution in [0.5, 0.6) is 0 Å². The Kier molecular flexibility index (Phi) is 6.50. The maximum atomic E-state index is 13.8. The van der Waals surface area contributed by atoms with Gasteiger partial charge >= 0.3 is 5.97 Å². The van der Waals surface area contributed by atoms with Gasteiger partial charge in [0, 0.05) is 29.7 Å². The van der Waals surface area contributed by atoms with E-state index < -0.39 is 18.0 Å². The molecule has 4 aliphatic carbocycles. The fourth-order valence-corrected chi connectivity index (χ4v) is 8.50. The normalized spacial score (nSPS) is 41.4. The van der Waals surface area contributed by atoms with Gasteiger partial charge in [0.05, 0.1) is 12.0 Å². The molecule has 5 heteroatoms. The molecular formula is C29H42O5. The molecule has 0 heterocycles. The van der Waals surface area contributed by atoms with Crippen LogP contribution in [0.1, 0.15) is 86.0 Å². The number of carbonyl (C=O) groups is 3. The number of aliphatic hydroxyl groups excluding tert-OH is 1. The topological polar surface area (TPSA) is 91.7 Å². The summed E-state index contributed by atoms with van der Waals surface area (Å²) < 4.78 is 0. The predicted octanol–water partition coefficient (Wildman–Crippen LogP) is 5.37. The van der Waals surface area contributed by atoms with Crippen LogP contribution >= 0.6 is 0 Å². The zero-order chi connectivity index (χ0) is 25.2. The van der Waals surface area contributed by atoms with Gasteiger partial charge in [0.1, 0.15) is 5.78 Å². The van der Waals surface area contributed by atoms with Crippen LogP contribution in [0, 0.1) is 46.3 Å². The summed E-state index contributed by atoms with van der Waals surface area (Å²) in [5.41, 5.74) is 2.13. The summed E-state index contributed by atoms with van der Waals surface area (Å²) in [5.74, 6) is -0.0967. The molecule has 0 radical (unpaired) electrons. The summed E-state index contributed by atoms with van der Waals surface area (Å²) in [6, 6.07) is 0. The van der Waals surface area contributed by atoms with E-state index in [0.29, 0.717) is 43.9 Å². The van der Waals surface area contributed by atoms with E-state index in [0.717, 1.165) is 36.0 Å². The summed E-state index contributed by atoms with van der Waals surface area (Å²) in [5, 5.41) is 20.6. The minimum absolute atomic E-state index is 0.0363. The molecule has 0 aliphatic heterocycles. The molecule has 0 saturated heterocycles. The molecule has 4 rings (SSSR count). The van der Waals surface area contributed by atoms with Gasteiger partial charge in [-0.3, -0.25) is 14.4 Å². The number of ketones is 2. The molecule has 2 fully saturated rings. The van der Waals surface area contributed by atoms with E-state index in [1.54, 1.807) is 6.92 Å². The SMILES string of the molecule is C=C(CCC(C)C1CCC2C3=C(C(=O)CC21C)C1(C)CCC(=O)C(C)C1CC3O)C(C)C(=O)O. The highest BCUT2D eigenvalue weighted by molar-refractivity contribution is 6.00. The molecule has 9 atom stereocenters. The number of carboxylic acids is 1. The van der Waals surface area contributed by atoms with E-state index in [2.05, 4.69) is 27.4 Å². The molecule has 0 aromatic heterocycles. The van der Waals surface area contributed by atoms with Crippen molar-refractivity contribution in [2.24, 2.45) is 46.3 Å². The number of fused-ring (bicyclic) bond motifs is 4. The lowest BCUT2D eigenvalue weighted by Crippen LogP contribution is -2.54. The molecule has 2 saturated carbocycles. The van der Waals surface area contributed by atoms with E-state index in [-0.39, 0.29) is 40.2 Å². The summed E-state index contributed by atoms with van der Waals surface area (Å²) in [4.78, 5) is 37.6. The second-order valence-corrected chi connectivity index (χ2v) is 12.4. The Morgan fingerprint density at radius 3 is 2.53 bits per heavy atom. The molecule has 0 spiro atoms. The monoisotopic (exact) mass is 470 g/mol. The van der Waals surface area contributed by atoms with Crippen LogP contribution in [-0.2, 0) is 14.4 Å². The predicted molar refractivity (Wildman–Crippen MR) is 131 cm³/mol. The van der Waals surface area contributed by atoms with Crippen molar-refractivity contribution < 1.29 is 24.6 Å². The van der Waals surface area contributed by atoms with E-state index in [1.807, 2.05) is 6.92 Å².